The van der Waals surface area contributed by atoms with E-state index in [0.29, 0.717) is 6.04 Å². The minimum Gasteiger partial charge on any atom is -0.314 e. The van der Waals surface area contributed by atoms with Crippen molar-refractivity contribution in [2.75, 3.05) is 6.54 Å². The monoisotopic (exact) mass is 277 g/mol. The number of benzene rings is 1. The summed E-state index contributed by atoms with van der Waals surface area (Å²) in [4.78, 5) is 0. The van der Waals surface area contributed by atoms with Gasteiger partial charge in [0.25, 0.3) is 0 Å². The van der Waals surface area contributed by atoms with E-state index in [0.717, 1.165) is 18.5 Å². The molecule has 0 aliphatic carbocycles. The van der Waals surface area contributed by atoms with Gasteiger partial charge in [-0.25, -0.2) is 0 Å². The van der Waals surface area contributed by atoms with Gasteiger partial charge in [0.05, 0.1) is 0 Å². The van der Waals surface area contributed by atoms with Crippen LogP contribution in [0.15, 0.2) is 24.3 Å². The van der Waals surface area contributed by atoms with Crippen LogP contribution in [-0.2, 0) is 10.2 Å². The molecule has 0 spiro atoms. The number of hydrogen-bond acceptors (Lipinski definition) is 1. The fourth-order valence-electron chi connectivity index (χ4n) is 2.05. The van der Waals surface area contributed by atoms with Gasteiger partial charge in [0.1, 0.15) is 0 Å². The summed E-state index contributed by atoms with van der Waals surface area (Å²) in [5.41, 5.74) is 2.01. The van der Waals surface area contributed by atoms with Gasteiger partial charge in [0.2, 0.25) is 3.79 Å². The molecule has 0 radical (unpaired) electrons. The van der Waals surface area contributed by atoms with Crippen LogP contribution in [-0.4, -0.2) is 12.6 Å². The Kier molecular flexibility index (Phi) is 4.01. The largest absolute Gasteiger partial charge is 0.314 e. The number of nitrogens with one attached hydrogen (secondary N) is 1. The highest BCUT2D eigenvalue weighted by atomic mass is 35.6. The molecule has 1 aliphatic heterocycles. The fraction of sp³-hybridized carbons (Fsp3) is 0.500. The lowest BCUT2D eigenvalue weighted by atomic mass is 10.0. The fourth-order valence-corrected chi connectivity index (χ4v) is 2.42. The molecular formula is C12H14Cl3N. The summed E-state index contributed by atoms with van der Waals surface area (Å²) in [5.74, 6) is 0. The second kappa shape index (κ2) is 5.14. The van der Waals surface area contributed by atoms with Gasteiger partial charge in [0, 0.05) is 11.6 Å². The quantitative estimate of drug-likeness (QED) is 0.811. The molecule has 1 fully saturated rings. The molecule has 1 aromatic rings. The van der Waals surface area contributed by atoms with Gasteiger partial charge >= 0.3 is 0 Å². The molecule has 16 heavy (non-hydrogen) atoms. The Labute approximate surface area is 111 Å². The van der Waals surface area contributed by atoms with E-state index in [4.69, 9.17) is 34.8 Å². The van der Waals surface area contributed by atoms with Crippen LogP contribution in [0, 0.1) is 0 Å². The zero-order valence-corrected chi connectivity index (χ0v) is 11.1. The highest BCUT2D eigenvalue weighted by molar-refractivity contribution is 6.66. The molecule has 0 bridgehead atoms. The summed E-state index contributed by atoms with van der Waals surface area (Å²) in [6.07, 6.45) is 3.59. The van der Waals surface area contributed by atoms with Crippen molar-refractivity contribution < 1.29 is 0 Å². The Morgan fingerprint density at radius 1 is 1.19 bits per heavy atom. The molecule has 1 atom stereocenters. The highest BCUT2D eigenvalue weighted by Gasteiger charge is 2.22. The smallest absolute Gasteiger partial charge is 0.216 e. The van der Waals surface area contributed by atoms with Crippen LogP contribution >= 0.6 is 34.8 Å². The predicted octanol–water partition coefficient (Wildman–Crippen LogP) is 3.81. The van der Waals surface area contributed by atoms with Gasteiger partial charge in [-0.05, 0) is 31.4 Å². The molecule has 0 amide bonds. The Balaban J connectivity index is 2.01. The van der Waals surface area contributed by atoms with E-state index in [1.54, 1.807) is 0 Å². The third-order valence-corrected chi connectivity index (χ3v) is 3.58. The first-order valence-electron chi connectivity index (χ1n) is 5.45. The maximum Gasteiger partial charge on any atom is 0.216 e. The Hall–Kier alpha value is 0.0500. The average molecular weight is 279 g/mol. The Morgan fingerprint density at radius 2 is 1.88 bits per heavy atom. The van der Waals surface area contributed by atoms with Crippen LogP contribution in [0.25, 0.3) is 0 Å². The first-order chi connectivity index (χ1) is 7.55. The lowest BCUT2D eigenvalue weighted by Gasteiger charge is -2.13. The molecule has 4 heteroatoms. The lowest BCUT2D eigenvalue weighted by Crippen LogP contribution is -2.23. The molecular weight excluding hydrogens is 264 g/mol. The Morgan fingerprint density at radius 3 is 2.38 bits per heavy atom. The van der Waals surface area contributed by atoms with Crippen molar-refractivity contribution in [1.29, 1.82) is 0 Å². The van der Waals surface area contributed by atoms with Gasteiger partial charge in [-0.1, -0.05) is 59.1 Å². The van der Waals surface area contributed by atoms with Crippen LogP contribution in [0.5, 0.6) is 0 Å². The van der Waals surface area contributed by atoms with E-state index in [2.05, 4.69) is 5.32 Å². The lowest BCUT2D eigenvalue weighted by molar-refractivity contribution is 0.603. The summed E-state index contributed by atoms with van der Waals surface area (Å²) < 4.78 is -1.32. The van der Waals surface area contributed by atoms with E-state index < -0.39 is 3.79 Å². The standard InChI is InChI=1S/C12H14Cl3N/c13-12(14,15)10-5-3-9(4-6-10)8-11-2-1-7-16-11/h3-6,11,16H,1-2,7-8H2. The summed E-state index contributed by atoms with van der Waals surface area (Å²) in [6, 6.07) is 8.46. The predicted molar refractivity (Wildman–Crippen MR) is 70.4 cm³/mol. The molecule has 0 aromatic heterocycles. The van der Waals surface area contributed by atoms with Crippen LogP contribution in [0.2, 0.25) is 0 Å². The SMILES string of the molecule is ClC(Cl)(Cl)c1ccc(CC2CCCN2)cc1. The van der Waals surface area contributed by atoms with Crippen molar-refractivity contribution >= 4 is 34.8 Å². The van der Waals surface area contributed by atoms with E-state index in [-0.39, 0.29) is 0 Å². The molecule has 1 aromatic carbocycles. The topological polar surface area (TPSA) is 12.0 Å². The van der Waals surface area contributed by atoms with Crippen molar-refractivity contribution in [1.82, 2.24) is 5.32 Å². The van der Waals surface area contributed by atoms with E-state index >= 15 is 0 Å². The van der Waals surface area contributed by atoms with Crippen molar-refractivity contribution in [2.45, 2.75) is 29.1 Å². The normalized spacial score (nSPS) is 21.3. The van der Waals surface area contributed by atoms with Crippen molar-refractivity contribution in [3.63, 3.8) is 0 Å². The van der Waals surface area contributed by atoms with Gasteiger partial charge in [-0.3, -0.25) is 0 Å². The van der Waals surface area contributed by atoms with E-state index in [1.165, 1.54) is 18.4 Å². The molecule has 88 valence electrons. The van der Waals surface area contributed by atoms with Gasteiger partial charge in [-0.2, -0.15) is 0 Å². The summed E-state index contributed by atoms with van der Waals surface area (Å²) in [7, 11) is 0. The van der Waals surface area contributed by atoms with Crippen molar-refractivity contribution in [2.24, 2.45) is 0 Å². The van der Waals surface area contributed by atoms with Crippen molar-refractivity contribution in [3.05, 3.63) is 35.4 Å². The molecule has 1 N–H and O–H groups in total. The maximum atomic E-state index is 5.80. The number of alkyl halides is 3. The van der Waals surface area contributed by atoms with Crippen molar-refractivity contribution in [3.8, 4) is 0 Å². The van der Waals surface area contributed by atoms with Crippen LogP contribution in [0.4, 0.5) is 0 Å². The minimum atomic E-state index is -1.32. The maximum absolute atomic E-state index is 5.80. The molecule has 1 unspecified atom stereocenters. The van der Waals surface area contributed by atoms with Crippen LogP contribution in [0.3, 0.4) is 0 Å². The molecule has 1 aliphatic rings. The van der Waals surface area contributed by atoms with E-state index in [1.807, 2.05) is 24.3 Å². The summed E-state index contributed by atoms with van der Waals surface area (Å²) in [6.45, 7) is 1.14. The first-order valence-corrected chi connectivity index (χ1v) is 6.58. The summed E-state index contributed by atoms with van der Waals surface area (Å²) >= 11 is 17.4. The Bertz CT molecular complexity index is 336. The average Bonchev–Trinajstić information content (AvgIpc) is 2.70. The van der Waals surface area contributed by atoms with Gasteiger partial charge in [-0.15, -0.1) is 0 Å². The second-order valence-corrected chi connectivity index (χ2v) is 6.47. The number of rotatable bonds is 2. The second-order valence-electron chi connectivity index (χ2n) is 4.19. The number of hydrogen-bond donors (Lipinski definition) is 1. The zero-order chi connectivity index (χ0) is 11.6. The molecule has 1 heterocycles. The highest BCUT2D eigenvalue weighted by Crippen LogP contribution is 2.38. The molecule has 1 saturated heterocycles. The molecule has 2 rings (SSSR count). The van der Waals surface area contributed by atoms with E-state index in [9.17, 15) is 0 Å². The molecule has 1 nitrogen and oxygen atoms in total. The van der Waals surface area contributed by atoms with Crippen LogP contribution in [0.1, 0.15) is 24.0 Å². The summed E-state index contributed by atoms with van der Waals surface area (Å²) in [5, 5.41) is 3.47. The zero-order valence-electron chi connectivity index (χ0n) is 8.85. The molecule has 0 saturated carbocycles. The third kappa shape index (κ3) is 3.27. The minimum absolute atomic E-state index is 0.610. The number of halogens is 3. The third-order valence-electron chi connectivity index (χ3n) is 2.93. The van der Waals surface area contributed by atoms with Crippen LogP contribution < -0.4 is 5.32 Å². The van der Waals surface area contributed by atoms with Gasteiger partial charge in [0.15, 0.2) is 0 Å². The first kappa shape index (κ1) is 12.5. The van der Waals surface area contributed by atoms with Gasteiger partial charge < -0.3 is 5.32 Å².